The van der Waals surface area contributed by atoms with Crippen LogP contribution in [0.5, 0.6) is 5.75 Å². The minimum Gasteiger partial charge on any atom is -0.484 e. The van der Waals surface area contributed by atoms with Gasteiger partial charge in [0, 0.05) is 4.88 Å². The second-order valence-electron chi connectivity index (χ2n) is 4.86. The predicted molar refractivity (Wildman–Crippen MR) is 82.3 cm³/mol. The summed E-state index contributed by atoms with van der Waals surface area (Å²) in [5.74, 6) is 0.663. The molecule has 0 fully saturated rings. The number of ether oxygens (including phenoxy) is 1. The second kappa shape index (κ2) is 6.57. The second-order valence-corrected chi connectivity index (χ2v) is 5.86. The van der Waals surface area contributed by atoms with E-state index in [9.17, 15) is 4.79 Å². The lowest BCUT2D eigenvalue weighted by Gasteiger charge is -2.10. The standard InChI is InChI=1S/C16H19NO2S/c1-11-4-5-14(13(3)8-11)19-10-16(18)17-9-15-12(2)6-7-20-15/h4-8H,9-10H2,1-3H3,(H,17,18). The molecule has 0 bridgehead atoms. The maximum absolute atomic E-state index is 11.8. The fourth-order valence-corrected chi connectivity index (χ4v) is 2.77. The Hall–Kier alpha value is -1.81. The van der Waals surface area contributed by atoms with Crippen LogP contribution in [-0.4, -0.2) is 12.5 Å². The molecule has 0 unspecified atom stereocenters. The zero-order valence-corrected chi connectivity index (χ0v) is 12.8. The summed E-state index contributed by atoms with van der Waals surface area (Å²) >= 11 is 1.65. The normalized spacial score (nSPS) is 10.3. The molecule has 2 aromatic rings. The number of hydrogen-bond acceptors (Lipinski definition) is 3. The smallest absolute Gasteiger partial charge is 0.258 e. The van der Waals surface area contributed by atoms with Crippen LogP contribution >= 0.6 is 11.3 Å². The molecule has 1 aromatic heterocycles. The quantitative estimate of drug-likeness (QED) is 0.916. The van der Waals surface area contributed by atoms with E-state index in [0.717, 1.165) is 11.3 Å². The minimum absolute atomic E-state index is 0.0499. The molecule has 1 heterocycles. The Kier molecular flexibility index (Phi) is 4.79. The molecule has 1 amide bonds. The monoisotopic (exact) mass is 289 g/mol. The van der Waals surface area contributed by atoms with Crippen molar-refractivity contribution in [2.45, 2.75) is 27.3 Å². The molecule has 0 saturated carbocycles. The van der Waals surface area contributed by atoms with E-state index in [4.69, 9.17) is 4.74 Å². The van der Waals surface area contributed by atoms with Crippen LogP contribution in [0.2, 0.25) is 0 Å². The van der Waals surface area contributed by atoms with E-state index in [0.29, 0.717) is 6.54 Å². The zero-order valence-electron chi connectivity index (χ0n) is 12.0. The largest absolute Gasteiger partial charge is 0.484 e. The van der Waals surface area contributed by atoms with Gasteiger partial charge in [-0.05, 0) is 49.4 Å². The van der Waals surface area contributed by atoms with E-state index in [-0.39, 0.29) is 12.5 Å². The highest BCUT2D eigenvalue weighted by Crippen LogP contribution is 2.18. The van der Waals surface area contributed by atoms with Gasteiger partial charge in [-0.2, -0.15) is 0 Å². The number of rotatable bonds is 5. The number of nitrogens with one attached hydrogen (secondary N) is 1. The first kappa shape index (κ1) is 14.6. The number of carbonyl (C=O) groups is 1. The van der Waals surface area contributed by atoms with Gasteiger partial charge in [-0.3, -0.25) is 4.79 Å². The molecule has 20 heavy (non-hydrogen) atoms. The summed E-state index contributed by atoms with van der Waals surface area (Å²) in [5, 5.41) is 4.90. The SMILES string of the molecule is Cc1ccc(OCC(=O)NCc2sccc2C)c(C)c1. The Bertz CT molecular complexity index is 604. The highest BCUT2D eigenvalue weighted by Gasteiger charge is 2.06. The molecular formula is C16H19NO2S. The molecular weight excluding hydrogens is 270 g/mol. The van der Waals surface area contributed by atoms with Gasteiger partial charge in [0.2, 0.25) is 0 Å². The summed E-state index contributed by atoms with van der Waals surface area (Å²) in [4.78, 5) is 13.0. The van der Waals surface area contributed by atoms with Gasteiger partial charge in [0.25, 0.3) is 5.91 Å². The third-order valence-electron chi connectivity index (χ3n) is 3.10. The molecule has 0 saturated heterocycles. The predicted octanol–water partition coefficient (Wildman–Crippen LogP) is 3.37. The molecule has 1 aromatic carbocycles. The average Bonchev–Trinajstić information content (AvgIpc) is 2.81. The molecule has 0 radical (unpaired) electrons. The van der Waals surface area contributed by atoms with Crippen LogP contribution in [0, 0.1) is 20.8 Å². The fourth-order valence-electron chi connectivity index (χ4n) is 1.92. The molecule has 106 valence electrons. The lowest BCUT2D eigenvalue weighted by Crippen LogP contribution is -2.28. The van der Waals surface area contributed by atoms with Gasteiger partial charge < -0.3 is 10.1 Å². The van der Waals surface area contributed by atoms with Crippen LogP contribution < -0.4 is 10.1 Å². The highest BCUT2D eigenvalue weighted by molar-refractivity contribution is 7.10. The van der Waals surface area contributed by atoms with Gasteiger partial charge >= 0.3 is 0 Å². The van der Waals surface area contributed by atoms with E-state index in [1.807, 2.05) is 44.4 Å². The van der Waals surface area contributed by atoms with E-state index in [2.05, 4.69) is 11.4 Å². The molecule has 0 aliphatic heterocycles. The number of benzene rings is 1. The molecule has 0 spiro atoms. The topological polar surface area (TPSA) is 38.3 Å². The van der Waals surface area contributed by atoms with E-state index < -0.39 is 0 Å². The zero-order chi connectivity index (χ0) is 14.5. The van der Waals surface area contributed by atoms with Crippen molar-refractivity contribution in [3.05, 3.63) is 51.2 Å². The summed E-state index contributed by atoms with van der Waals surface area (Å²) < 4.78 is 5.55. The highest BCUT2D eigenvalue weighted by atomic mass is 32.1. The van der Waals surface area contributed by atoms with Crippen molar-refractivity contribution in [1.29, 1.82) is 0 Å². The first-order valence-electron chi connectivity index (χ1n) is 6.56. The van der Waals surface area contributed by atoms with Crippen molar-refractivity contribution < 1.29 is 9.53 Å². The van der Waals surface area contributed by atoms with Gasteiger partial charge in [0.1, 0.15) is 5.75 Å². The van der Waals surface area contributed by atoms with Gasteiger partial charge in [-0.1, -0.05) is 17.7 Å². The number of thiophene rings is 1. The summed E-state index contributed by atoms with van der Waals surface area (Å²) in [5.41, 5.74) is 3.45. The summed E-state index contributed by atoms with van der Waals surface area (Å²) in [6.07, 6.45) is 0. The number of hydrogen-bond donors (Lipinski definition) is 1. The van der Waals surface area contributed by atoms with Crippen molar-refractivity contribution >= 4 is 17.2 Å². The van der Waals surface area contributed by atoms with Crippen molar-refractivity contribution in [3.63, 3.8) is 0 Å². The fraction of sp³-hybridized carbons (Fsp3) is 0.312. The Morgan fingerprint density at radius 2 is 2.00 bits per heavy atom. The average molecular weight is 289 g/mol. The molecule has 2 rings (SSSR count). The first-order valence-corrected chi connectivity index (χ1v) is 7.44. The van der Waals surface area contributed by atoms with Gasteiger partial charge in [0.05, 0.1) is 6.54 Å². The third kappa shape index (κ3) is 3.84. The van der Waals surface area contributed by atoms with Gasteiger partial charge in [-0.25, -0.2) is 0 Å². The van der Waals surface area contributed by atoms with Crippen molar-refractivity contribution in [2.24, 2.45) is 0 Å². The molecule has 4 heteroatoms. The Balaban J connectivity index is 1.82. The summed E-state index contributed by atoms with van der Waals surface area (Å²) in [7, 11) is 0. The van der Waals surface area contributed by atoms with Crippen LogP contribution in [0.1, 0.15) is 21.6 Å². The Morgan fingerprint density at radius 3 is 2.65 bits per heavy atom. The van der Waals surface area contributed by atoms with E-state index >= 15 is 0 Å². The van der Waals surface area contributed by atoms with Crippen LogP contribution in [0.15, 0.2) is 29.6 Å². The Morgan fingerprint density at radius 1 is 1.20 bits per heavy atom. The maximum Gasteiger partial charge on any atom is 0.258 e. The minimum atomic E-state index is -0.0993. The summed E-state index contributed by atoms with van der Waals surface area (Å²) in [6, 6.07) is 7.98. The van der Waals surface area contributed by atoms with Crippen molar-refractivity contribution in [2.75, 3.05) is 6.61 Å². The number of aryl methyl sites for hydroxylation is 3. The van der Waals surface area contributed by atoms with Crippen LogP contribution in [0.25, 0.3) is 0 Å². The maximum atomic E-state index is 11.8. The first-order chi connectivity index (χ1) is 9.56. The van der Waals surface area contributed by atoms with Crippen molar-refractivity contribution in [3.8, 4) is 5.75 Å². The lowest BCUT2D eigenvalue weighted by molar-refractivity contribution is -0.123. The van der Waals surface area contributed by atoms with Crippen LogP contribution in [0.3, 0.4) is 0 Å². The molecule has 0 aliphatic carbocycles. The van der Waals surface area contributed by atoms with E-state index in [1.54, 1.807) is 11.3 Å². The Labute approximate surface area is 123 Å². The van der Waals surface area contributed by atoms with E-state index in [1.165, 1.54) is 16.0 Å². The van der Waals surface area contributed by atoms with Crippen LogP contribution in [-0.2, 0) is 11.3 Å². The number of amides is 1. The molecule has 0 atom stereocenters. The van der Waals surface area contributed by atoms with Crippen molar-refractivity contribution in [1.82, 2.24) is 5.32 Å². The summed E-state index contributed by atoms with van der Waals surface area (Å²) in [6.45, 7) is 6.68. The molecule has 1 N–H and O–H groups in total. The lowest BCUT2D eigenvalue weighted by atomic mass is 10.1. The molecule has 0 aliphatic rings. The van der Waals surface area contributed by atoms with Crippen LogP contribution in [0.4, 0.5) is 0 Å². The van der Waals surface area contributed by atoms with Gasteiger partial charge in [0.15, 0.2) is 6.61 Å². The molecule has 3 nitrogen and oxygen atoms in total. The third-order valence-corrected chi connectivity index (χ3v) is 4.13. The van der Waals surface area contributed by atoms with Gasteiger partial charge in [-0.15, -0.1) is 11.3 Å². The number of carbonyl (C=O) groups excluding carboxylic acids is 1.